The van der Waals surface area contributed by atoms with Crippen molar-refractivity contribution in [1.29, 1.82) is 0 Å². The van der Waals surface area contributed by atoms with Crippen molar-refractivity contribution in [2.24, 2.45) is 0 Å². The zero-order chi connectivity index (χ0) is 20.2. The number of benzene rings is 1. The summed E-state index contributed by atoms with van der Waals surface area (Å²) >= 11 is 6.25. The Morgan fingerprint density at radius 3 is 2.72 bits per heavy atom. The van der Waals surface area contributed by atoms with E-state index in [0.717, 1.165) is 41.5 Å². The van der Waals surface area contributed by atoms with Gasteiger partial charge in [-0.3, -0.25) is 0 Å². The van der Waals surface area contributed by atoms with Crippen molar-refractivity contribution in [2.45, 2.75) is 44.1 Å². The molecule has 3 heterocycles. The van der Waals surface area contributed by atoms with Gasteiger partial charge in [0.05, 0.1) is 17.4 Å². The molecule has 29 heavy (non-hydrogen) atoms. The average Bonchev–Trinajstić information content (AvgIpc) is 3.19. The first kappa shape index (κ1) is 18.7. The summed E-state index contributed by atoms with van der Waals surface area (Å²) in [6.07, 6.45) is 5.18. The first-order chi connectivity index (χ1) is 13.9. The summed E-state index contributed by atoms with van der Waals surface area (Å²) in [5.74, 6) is -1.85. The Hall–Kier alpha value is -2.32. The first-order valence-electron chi connectivity index (χ1n) is 9.78. The molecule has 0 amide bonds. The number of anilines is 2. The molecule has 1 saturated heterocycles. The Kier molecular flexibility index (Phi) is 4.43. The number of rotatable bonds is 4. The summed E-state index contributed by atoms with van der Waals surface area (Å²) in [5.41, 5.74) is 3.84. The highest BCUT2D eigenvalue weighted by Gasteiger charge is 2.59. The fourth-order valence-corrected chi connectivity index (χ4v) is 4.33. The van der Waals surface area contributed by atoms with Gasteiger partial charge in [0.1, 0.15) is 6.04 Å². The molecule has 3 aromatic rings. The lowest BCUT2D eigenvalue weighted by molar-refractivity contribution is 0.0984. The second kappa shape index (κ2) is 6.88. The van der Waals surface area contributed by atoms with Crippen molar-refractivity contribution in [2.75, 3.05) is 18.4 Å². The third kappa shape index (κ3) is 3.44. The molecule has 0 spiro atoms. The van der Waals surface area contributed by atoms with E-state index in [1.807, 2.05) is 0 Å². The number of fused-ring (bicyclic) bond motifs is 1. The smallest absolute Gasteiger partial charge is 0.272 e. The maximum atomic E-state index is 13.3. The number of halogens is 3. The minimum atomic E-state index is -2.74. The van der Waals surface area contributed by atoms with Crippen molar-refractivity contribution >= 4 is 34.1 Å². The quantitative estimate of drug-likeness (QED) is 0.649. The van der Waals surface area contributed by atoms with Crippen LogP contribution in [0, 0.1) is 6.92 Å². The van der Waals surface area contributed by atoms with Gasteiger partial charge < -0.3 is 10.6 Å². The van der Waals surface area contributed by atoms with Crippen LogP contribution >= 0.6 is 11.6 Å². The van der Waals surface area contributed by atoms with Crippen LogP contribution in [0.4, 0.5) is 20.4 Å². The molecule has 0 bridgehead atoms. The van der Waals surface area contributed by atoms with Gasteiger partial charge in [0.25, 0.3) is 5.92 Å². The van der Waals surface area contributed by atoms with Gasteiger partial charge in [-0.05, 0) is 62.0 Å². The van der Waals surface area contributed by atoms with Gasteiger partial charge in [-0.25, -0.2) is 23.4 Å². The molecule has 2 aliphatic rings. The summed E-state index contributed by atoms with van der Waals surface area (Å²) in [5, 5.41) is 11.5. The van der Waals surface area contributed by atoms with Crippen molar-refractivity contribution < 1.29 is 8.78 Å². The van der Waals surface area contributed by atoms with E-state index in [2.05, 4.69) is 44.8 Å². The number of alkyl halides is 2. The molecule has 9 heteroatoms. The number of hydrogen-bond donors (Lipinski definition) is 2. The minimum Gasteiger partial charge on any atom is -0.320 e. The van der Waals surface area contributed by atoms with E-state index in [4.69, 9.17) is 11.6 Å². The van der Waals surface area contributed by atoms with Crippen LogP contribution in [-0.4, -0.2) is 38.8 Å². The lowest BCUT2D eigenvalue weighted by Crippen LogP contribution is -2.26. The number of aromatic nitrogens is 4. The van der Waals surface area contributed by atoms with E-state index in [0.29, 0.717) is 17.6 Å². The zero-order valence-electron chi connectivity index (χ0n) is 15.9. The van der Waals surface area contributed by atoms with Crippen molar-refractivity contribution in [3.63, 3.8) is 0 Å². The van der Waals surface area contributed by atoms with Gasteiger partial charge in [0, 0.05) is 18.0 Å². The van der Waals surface area contributed by atoms with E-state index >= 15 is 0 Å². The molecular weight excluding hydrogens is 398 g/mol. The van der Waals surface area contributed by atoms with Gasteiger partial charge in [-0.15, -0.1) is 0 Å². The maximum Gasteiger partial charge on any atom is 0.272 e. The molecule has 5 rings (SSSR count). The Labute approximate surface area is 171 Å². The molecule has 1 aliphatic heterocycles. The summed E-state index contributed by atoms with van der Waals surface area (Å²) < 4.78 is 27.8. The van der Waals surface area contributed by atoms with Gasteiger partial charge in [-0.2, -0.15) is 5.10 Å². The Bertz CT molecular complexity index is 1080. The second-order valence-corrected chi connectivity index (χ2v) is 8.24. The molecule has 1 unspecified atom stereocenters. The summed E-state index contributed by atoms with van der Waals surface area (Å²) in [6, 6.07) is 3.29. The van der Waals surface area contributed by atoms with Gasteiger partial charge in [0.2, 0.25) is 5.95 Å². The standard InChI is InChI=1S/C20H21ClF2N6/c1-11-6-13-9-25-19(27-15(13)7-14(11)12-2-4-24-5-3-12)28-16-10-26-29(18(16)21)17-8-20(17,22)23/h6-7,9-10,12,17,24H,2-5,8H2,1H3,(H,25,27,28). The van der Waals surface area contributed by atoms with E-state index in [1.54, 1.807) is 6.20 Å². The van der Waals surface area contributed by atoms with Crippen LogP contribution in [0.25, 0.3) is 10.9 Å². The highest BCUT2D eigenvalue weighted by Crippen LogP contribution is 2.53. The molecule has 1 saturated carbocycles. The SMILES string of the molecule is Cc1cc2cnc(Nc3cnn(C4CC4(F)F)c3Cl)nc2cc1C1CCNCC1. The highest BCUT2D eigenvalue weighted by molar-refractivity contribution is 6.32. The molecule has 1 aliphatic carbocycles. The Balaban J connectivity index is 1.43. The van der Waals surface area contributed by atoms with E-state index < -0.39 is 12.0 Å². The van der Waals surface area contributed by atoms with E-state index in [9.17, 15) is 8.78 Å². The predicted octanol–water partition coefficient (Wildman–Crippen LogP) is 4.58. The largest absolute Gasteiger partial charge is 0.320 e. The van der Waals surface area contributed by atoms with Crippen LogP contribution in [0.15, 0.2) is 24.5 Å². The van der Waals surface area contributed by atoms with Crippen molar-refractivity contribution in [3.05, 3.63) is 40.8 Å². The molecule has 1 aromatic carbocycles. The van der Waals surface area contributed by atoms with Crippen molar-refractivity contribution in [3.8, 4) is 0 Å². The van der Waals surface area contributed by atoms with Crippen LogP contribution in [-0.2, 0) is 0 Å². The molecule has 2 fully saturated rings. The Morgan fingerprint density at radius 2 is 2.00 bits per heavy atom. The normalized spacial score (nSPS) is 21.4. The van der Waals surface area contributed by atoms with Crippen LogP contribution in [0.5, 0.6) is 0 Å². The molecule has 6 nitrogen and oxygen atoms in total. The van der Waals surface area contributed by atoms with E-state index in [-0.39, 0.29) is 11.6 Å². The lowest BCUT2D eigenvalue weighted by atomic mass is 9.87. The van der Waals surface area contributed by atoms with Gasteiger partial charge in [-0.1, -0.05) is 11.6 Å². The van der Waals surface area contributed by atoms with Gasteiger partial charge in [0.15, 0.2) is 5.15 Å². The monoisotopic (exact) mass is 418 g/mol. The molecule has 0 radical (unpaired) electrons. The van der Waals surface area contributed by atoms with Crippen LogP contribution in [0.1, 0.15) is 42.3 Å². The van der Waals surface area contributed by atoms with Crippen molar-refractivity contribution in [1.82, 2.24) is 25.1 Å². The third-order valence-corrected chi connectivity index (χ3v) is 6.19. The molecule has 2 N–H and O–H groups in total. The minimum absolute atomic E-state index is 0.134. The van der Waals surface area contributed by atoms with Crippen LogP contribution in [0.2, 0.25) is 5.15 Å². The molecule has 152 valence electrons. The summed E-state index contributed by atoms with van der Waals surface area (Å²) in [4.78, 5) is 8.97. The Morgan fingerprint density at radius 1 is 1.24 bits per heavy atom. The fourth-order valence-electron chi connectivity index (χ4n) is 4.07. The number of aryl methyl sites for hydroxylation is 1. The van der Waals surface area contributed by atoms with E-state index in [1.165, 1.54) is 17.3 Å². The molecule has 2 aromatic heterocycles. The maximum absolute atomic E-state index is 13.3. The number of nitrogens with zero attached hydrogens (tertiary/aromatic N) is 4. The number of hydrogen-bond acceptors (Lipinski definition) is 5. The zero-order valence-corrected chi connectivity index (χ0v) is 16.7. The van der Waals surface area contributed by atoms with Gasteiger partial charge >= 0.3 is 0 Å². The number of nitrogens with one attached hydrogen (secondary N) is 2. The first-order valence-corrected chi connectivity index (χ1v) is 10.2. The topological polar surface area (TPSA) is 67.7 Å². The predicted molar refractivity (Wildman–Crippen MR) is 108 cm³/mol. The molecule has 1 atom stereocenters. The number of piperidine rings is 1. The molecular formula is C20H21ClF2N6. The van der Waals surface area contributed by atoms with Crippen LogP contribution in [0.3, 0.4) is 0 Å². The second-order valence-electron chi connectivity index (χ2n) is 7.89. The third-order valence-electron chi connectivity index (χ3n) is 5.82. The lowest BCUT2D eigenvalue weighted by Gasteiger charge is -2.24. The summed E-state index contributed by atoms with van der Waals surface area (Å²) in [7, 11) is 0. The fraction of sp³-hybridized carbons (Fsp3) is 0.450. The average molecular weight is 419 g/mol. The van der Waals surface area contributed by atoms with Crippen LogP contribution < -0.4 is 10.6 Å². The highest BCUT2D eigenvalue weighted by atomic mass is 35.5. The summed E-state index contributed by atoms with van der Waals surface area (Å²) in [6.45, 7) is 4.19.